The van der Waals surface area contributed by atoms with Crippen LogP contribution < -0.4 is 5.73 Å². The molecule has 94 valence electrons. The van der Waals surface area contributed by atoms with Crippen LogP contribution in [0.5, 0.6) is 0 Å². The topological polar surface area (TPSA) is 73.9 Å². The summed E-state index contributed by atoms with van der Waals surface area (Å²) in [5, 5.41) is 0. The van der Waals surface area contributed by atoms with Gasteiger partial charge in [-0.1, -0.05) is 6.07 Å². The fourth-order valence-electron chi connectivity index (χ4n) is 1.80. The number of hydrogen-bond acceptors (Lipinski definition) is 5. The zero-order chi connectivity index (χ0) is 13.1. The molecule has 0 bridgehead atoms. The minimum absolute atomic E-state index is 0.407. The highest BCUT2D eigenvalue weighted by molar-refractivity contribution is 5.56. The van der Waals surface area contributed by atoms with Gasteiger partial charge in [-0.3, -0.25) is 4.98 Å². The van der Waals surface area contributed by atoms with Crippen molar-refractivity contribution in [1.82, 2.24) is 15.0 Å². The number of nitrogens with two attached hydrogens (primary N) is 1. The third-order valence-electron chi connectivity index (χ3n) is 2.52. The van der Waals surface area contributed by atoms with Crippen molar-refractivity contribution >= 4 is 5.82 Å². The van der Waals surface area contributed by atoms with Gasteiger partial charge in [0, 0.05) is 19.4 Å². The van der Waals surface area contributed by atoms with Crippen LogP contribution in [0.4, 0.5) is 5.82 Å². The van der Waals surface area contributed by atoms with Crippen LogP contribution in [0, 0.1) is 13.8 Å². The van der Waals surface area contributed by atoms with Gasteiger partial charge in [0.2, 0.25) is 0 Å². The maximum atomic E-state index is 5.77. The minimum Gasteiger partial charge on any atom is -0.384 e. The van der Waals surface area contributed by atoms with E-state index in [0.717, 1.165) is 22.5 Å². The van der Waals surface area contributed by atoms with Crippen molar-refractivity contribution in [1.29, 1.82) is 0 Å². The lowest BCUT2D eigenvalue weighted by molar-refractivity contribution is 0.181. The highest BCUT2D eigenvalue weighted by Gasteiger charge is 2.09. The number of methoxy groups -OCH3 is 1. The van der Waals surface area contributed by atoms with E-state index < -0.39 is 0 Å². The molecule has 5 nitrogen and oxygen atoms in total. The Labute approximate surface area is 106 Å². The molecule has 0 radical (unpaired) electrons. The number of aromatic nitrogens is 3. The van der Waals surface area contributed by atoms with E-state index in [9.17, 15) is 0 Å². The molecule has 0 aromatic carbocycles. The van der Waals surface area contributed by atoms with Crippen molar-refractivity contribution in [2.75, 3.05) is 12.8 Å². The Balaban J connectivity index is 2.49. The number of rotatable bonds is 3. The van der Waals surface area contributed by atoms with E-state index >= 15 is 0 Å². The Morgan fingerprint density at radius 3 is 2.67 bits per heavy atom. The minimum atomic E-state index is 0.407. The van der Waals surface area contributed by atoms with Crippen LogP contribution in [0.2, 0.25) is 0 Å². The number of nitrogen functional groups attached to an aromatic ring is 1. The molecular formula is C13H16N4O. The molecule has 0 aliphatic rings. The van der Waals surface area contributed by atoms with Gasteiger partial charge in [-0.15, -0.1) is 0 Å². The molecule has 2 heterocycles. The summed E-state index contributed by atoms with van der Waals surface area (Å²) in [7, 11) is 1.62. The van der Waals surface area contributed by atoms with E-state index in [1.807, 2.05) is 19.9 Å². The number of hydrogen-bond donors (Lipinski definition) is 1. The quantitative estimate of drug-likeness (QED) is 0.892. The van der Waals surface area contributed by atoms with E-state index in [2.05, 4.69) is 15.0 Å². The molecule has 5 heteroatoms. The van der Waals surface area contributed by atoms with Gasteiger partial charge in [-0.25, -0.2) is 9.97 Å². The van der Waals surface area contributed by atoms with Gasteiger partial charge in [-0.05, 0) is 25.0 Å². The third-order valence-corrected chi connectivity index (χ3v) is 2.52. The SMILES string of the molecule is COCc1cc(N)nc(-c2ncc(C)cc2C)n1. The number of ether oxygens (including phenoxy) is 1. The average molecular weight is 244 g/mol. The average Bonchev–Trinajstić information content (AvgIpc) is 2.28. The summed E-state index contributed by atoms with van der Waals surface area (Å²) in [5.41, 5.74) is 9.42. The summed E-state index contributed by atoms with van der Waals surface area (Å²) >= 11 is 0. The van der Waals surface area contributed by atoms with E-state index in [1.165, 1.54) is 0 Å². The van der Waals surface area contributed by atoms with Crippen molar-refractivity contribution in [3.8, 4) is 11.5 Å². The zero-order valence-electron chi connectivity index (χ0n) is 10.8. The first-order valence-electron chi connectivity index (χ1n) is 5.66. The largest absolute Gasteiger partial charge is 0.384 e. The Morgan fingerprint density at radius 1 is 1.22 bits per heavy atom. The van der Waals surface area contributed by atoms with Crippen LogP contribution in [0.15, 0.2) is 18.3 Å². The lowest BCUT2D eigenvalue weighted by Crippen LogP contribution is -2.03. The monoisotopic (exact) mass is 244 g/mol. The predicted molar refractivity (Wildman–Crippen MR) is 69.9 cm³/mol. The fraction of sp³-hybridized carbons (Fsp3) is 0.308. The van der Waals surface area contributed by atoms with Crippen LogP contribution in [-0.2, 0) is 11.3 Å². The van der Waals surface area contributed by atoms with Gasteiger partial charge in [0.25, 0.3) is 0 Å². The molecule has 0 unspecified atom stereocenters. The lowest BCUT2D eigenvalue weighted by atomic mass is 10.1. The van der Waals surface area contributed by atoms with Gasteiger partial charge in [0.15, 0.2) is 5.82 Å². The molecule has 0 spiro atoms. The number of aryl methyl sites for hydroxylation is 2. The summed E-state index contributed by atoms with van der Waals surface area (Å²) in [6, 6.07) is 3.75. The molecule has 0 fully saturated rings. The van der Waals surface area contributed by atoms with Crippen molar-refractivity contribution in [2.24, 2.45) is 0 Å². The molecule has 2 aromatic rings. The summed E-state index contributed by atoms with van der Waals surface area (Å²) < 4.78 is 5.06. The molecular weight excluding hydrogens is 228 g/mol. The van der Waals surface area contributed by atoms with Crippen molar-refractivity contribution in [2.45, 2.75) is 20.5 Å². The number of anilines is 1. The molecule has 2 rings (SSSR count). The Hall–Kier alpha value is -2.01. The van der Waals surface area contributed by atoms with Gasteiger partial charge in [0.05, 0.1) is 12.3 Å². The first-order valence-corrected chi connectivity index (χ1v) is 5.66. The van der Waals surface area contributed by atoms with Crippen molar-refractivity contribution in [3.63, 3.8) is 0 Å². The highest BCUT2D eigenvalue weighted by Crippen LogP contribution is 2.19. The zero-order valence-corrected chi connectivity index (χ0v) is 10.8. The van der Waals surface area contributed by atoms with Crippen LogP contribution in [0.3, 0.4) is 0 Å². The van der Waals surface area contributed by atoms with E-state index in [0.29, 0.717) is 18.2 Å². The molecule has 18 heavy (non-hydrogen) atoms. The summed E-state index contributed by atoms with van der Waals surface area (Å²) in [4.78, 5) is 13.0. The van der Waals surface area contributed by atoms with Crippen molar-refractivity contribution in [3.05, 3.63) is 35.2 Å². The molecule has 0 amide bonds. The van der Waals surface area contributed by atoms with Crippen molar-refractivity contribution < 1.29 is 4.74 Å². The number of nitrogens with zero attached hydrogens (tertiary/aromatic N) is 3. The Morgan fingerprint density at radius 2 is 2.00 bits per heavy atom. The second-order valence-electron chi connectivity index (χ2n) is 4.22. The van der Waals surface area contributed by atoms with Crippen LogP contribution >= 0.6 is 0 Å². The maximum Gasteiger partial charge on any atom is 0.180 e. The standard InChI is InChI=1S/C13H16N4O/c1-8-4-9(2)12(15-6-8)13-16-10(7-18-3)5-11(14)17-13/h4-6H,7H2,1-3H3,(H2,14,16,17). The van der Waals surface area contributed by atoms with E-state index in [4.69, 9.17) is 10.5 Å². The molecule has 0 saturated heterocycles. The molecule has 0 aliphatic heterocycles. The van der Waals surface area contributed by atoms with Gasteiger partial charge >= 0.3 is 0 Å². The molecule has 2 N–H and O–H groups in total. The highest BCUT2D eigenvalue weighted by atomic mass is 16.5. The van der Waals surface area contributed by atoms with Crippen LogP contribution in [-0.4, -0.2) is 22.1 Å². The first kappa shape index (κ1) is 12.4. The maximum absolute atomic E-state index is 5.77. The number of pyridine rings is 1. The first-order chi connectivity index (χ1) is 8.60. The van der Waals surface area contributed by atoms with Crippen LogP contribution in [0.25, 0.3) is 11.5 Å². The normalized spacial score (nSPS) is 10.6. The summed E-state index contributed by atoms with van der Waals surface area (Å²) in [5.74, 6) is 0.966. The molecule has 2 aromatic heterocycles. The summed E-state index contributed by atoms with van der Waals surface area (Å²) in [6.07, 6.45) is 1.80. The van der Waals surface area contributed by atoms with Gasteiger partial charge in [0.1, 0.15) is 11.5 Å². The van der Waals surface area contributed by atoms with E-state index in [1.54, 1.807) is 19.4 Å². The second-order valence-corrected chi connectivity index (χ2v) is 4.22. The molecule has 0 atom stereocenters. The summed E-state index contributed by atoms with van der Waals surface area (Å²) in [6.45, 7) is 4.39. The Bertz CT molecular complexity index is 569. The third kappa shape index (κ3) is 2.62. The fourth-order valence-corrected chi connectivity index (χ4v) is 1.80. The van der Waals surface area contributed by atoms with Crippen LogP contribution in [0.1, 0.15) is 16.8 Å². The van der Waals surface area contributed by atoms with Gasteiger partial charge < -0.3 is 10.5 Å². The van der Waals surface area contributed by atoms with Gasteiger partial charge in [-0.2, -0.15) is 0 Å². The van der Waals surface area contributed by atoms with E-state index in [-0.39, 0.29) is 0 Å². The second kappa shape index (κ2) is 5.10. The Kier molecular flexibility index (Phi) is 3.53. The lowest BCUT2D eigenvalue weighted by Gasteiger charge is -2.07. The smallest absolute Gasteiger partial charge is 0.180 e. The predicted octanol–water partition coefficient (Wildman–Crippen LogP) is 1.88. The molecule has 0 saturated carbocycles. The molecule has 0 aliphatic carbocycles.